The first-order valence-corrected chi connectivity index (χ1v) is 22.2. The number of allylic oxidation sites excluding steroid dienone is 3. The van der Waals surface area contributed by atoms with Crippen LogP contribution in [-0.2, 0) is 18.4 Å². The molecule has 0 radical (unpaired) electrons. The Labute approximate surface area is 309 Å². The van der Waals surface area contributed by atoms with Crippen LogP contribution >= 0.6 is 7.82 Å². The maximum atomic E-state index is 12.6. The molecule has 296 valence electrons. The molecule has 0 aliphatic carbocycles. The fraction of sp³-hybridized carbons (Fsp3) is 0.878. The number of nitrogens with one attached hydrogen (secondary N) is 1. The average Bonchev–Trinajstić information content (AvgIpc) is 3.06. The molecule has 2 N–H and O–H groups in total. The quantitative estimate of drug-likeness (QED) is 0.0285. The fourth-order valence-corrected chi connectivity index (χ4v) is 6.52. The molecule has 0 fully saturated rings. The zero-order chi connectivity index (χ0) is 37.2. The third-order valence-corrected chi connectivity index (χ3v) is 10.1. The summed E-state index contributed by atoms with van der Waals surface area (Å²) in [4.78, 5) is 24.9. The summed E-state index contributed by atoms with van der Waals surface area (Å²) in [6.07, 6.45) is 39.0. The summed E-state index contributed by atoms with van der Waals surface area (Å²) in [7, 11) is 1.25. The van der Waals surface area contributed by atoms with E-state index >= 15 is 0 Å². The number of likely N-dealkylation sites (N-methyl/N-ethyl adjacent to an activating group) is 1. The lowest BCUT2D eigenvalue weighted by molar-refractivity contribution is -0.870. The van der Waals surface area contributed by atoms with E-state index in [0.717, 1.165) is 32.1 Å². The molecule has 0 aromatic carbocycles. The van der Waals surface area contributed by atoms with E-state index in [-0.39, 0.29) is 19.1 Å². The number of carbonyl (C=O) groups excluding carboxylic acids is 1. The van der Waals surface area contributed by atoms with E-state index in [9.17, 15) is 19.4 Å². The number of unbranched alkanes of at least 4 members (excludes halogenated alkanes) is 22. The maximum absolute atomic E-state index is 12.6. The van der Waals surface area contributed by atoms with Crippen molar-refractivity contribution in [2.45, 2.75) is 193 Å². The van der Waals surface area contributed by atoms with Crippen molar-refractivity contribution in [2.75, 3.05) is 40.9 Å². The number of aliphatic hydroxyl groups excluding tert-OH is 1. The van der Waals surface area contributed by atoms with Gasteiger partial charge in [-0.3, -0.25) is 9.36 Å². The highest BCUT2D eigenvalue weighted by atomic mass is 31.2. The Balaban J connectivity index is 3.88. The molecule has 0 bridgehead atoms. The Bertz CT molecular complexity index is 876. The van der Waals surface area contributed by atoms with Crippen LogP contribution in [0.3, 0.4) is 0 Å². The number of phosphoric acid groups is 1. The Morgan fingerprint density at radius 1 is 0.680 bits per heavy atom. The van der Waals surface area contributed by atoms with Crippen LogP contribution in [0.2, 0.25) is 0 Å². The van der Waals surface area contributed by atoms with Gasteiger partial charge in [-0.2, -0.15) is 0 Å². The third-order valence-electron chi connectivity index (χ3n) is 9.14. The molecule has 0 saturated heterocycles. The number of amides is 1. The number of quaternary nitrogens is 1. The number of hydrogen-bond acceptors (Lipinski definition) is 6. The lowest BCUT2D eigenvalue weighted by Crippen LogP contribution is -2.45. The minimum Gasteiger partial charge on any atom is -0.756 e. The number of aliphatic hydroxyl groups is 1. The van der Waals surface area contributed by atoms with E-state index in [0.29, 0.717) is 17.4 Å². The molecule has 0 spiro atoms. The lowest BCUT2D eigenvalue weighted by Gasteiger charge is -2.29. The van der Waals surface area contributed by atoms with Crippen LogP contribution in [0.4, 0.5) is 0 Å². The van der Waals surface area contributed by atoms with Gasteiger partial charge < -0.3 is 28.8 Å². The van der Waals surface area contributed by atoms with E-state index in [1.165, 1.54) is 128 Å². The van der Waals surface area contributed by atoms with Gasteiger partial charge in [0.15, 0.2) is 0 Å². The largest absolute Gasteiger partial charge is 0.756 e. The molecule has 3 unspecified atom stereocenters. The SMILES string of the molecule is CCC/C=C/C(O)C(COP(=O)([O-])OCC[N+](C)(C)C)NC(=O)CCCCCCCCCCCCCCC/C=C\CCCCCCCCCC. The van der Waals surface area contributed by atoms with Crippen molar-refractivity contribution in [3.05, 3.63) is 24.3 Å². The van der Waals surface area contributed by atoms with Crippen LogP contribution in [0.1, 0.15) is 181 Å². The van der Waals surface area contributed by atoms with Crippen LogP contribution in [0, 0.1) is 0 Å². The second-order valence-corrected chi connectivity index (χ2v) is 16.8. The molecule has 8 nitrogen and oxygen atoms in total. The van der Waals surface area contributed by atoms with Gasteiger partial charge in [0.25, 0.3) is 7.82 Å². The molecule has 50 heavy (non-hydrogen) atoms. The first-order chi connectivity index (χ1) is 24.0. The highest BCUT2D eigenvalue weighted by Crippen LogP contribution is 2.38. The number of nitrogens with zero attached hydrogens (tertiary/aromatic N) is 1. The van der Waals surface area contributed by atoms with E-state index < -0.39 is 20.0 Å². The van der Waals surface area contributed by atoms with Gasteiger partial charge in [0, 0.05) is 6.42 Å². The van der Waals surface area contributed by atoms with Crippen molar-refractivity contribution < 1.29 is 32.9 Å². The molecular formula is C41H81N2O6P. The van der Waals surface area contributed by atoms with E-state index in [2.05, 4.69) is 24.4 Å². The summed E-state index contributed by atoms with van der Waals surface area (Å²) >= 11 is 0. The predicted octanol–water partition coefficient (Wildman–Crippen LogP) is 10.3. The van der Waals surface area contributed by atoms with Gasteiger partial charge in [-0.15, -0.1) is 0 Å². The summed E-state index contributed by atoms with van der Waals surface area (Å²) < 4.78 is 22.8. The molecule has 0 aliphatic rings. The molecule has 3 atom stereocenters. The van der Waals surface area contributed by atoms with Gasteiger partial charge >= 0.3 is 0 Å². The van der Waals surface area contributed by atoms with E-state index in [1.807, 2.05) is 34.1 Å². The van der Waals surface area contributed by atoms with Crippen LogP contribution in [0.25, 0.3) is 0 Å². The molecular weight excluding hydrogens is 647 g/mol. The van der Waals surface area contributed by atoms with Gasteiger partial charge in [-0.05, 0) is 38.5 Å². The maximum Gasteiger partial charge on any atom is 0.268 e. The van der Waals surface area contributed by atoms with Crippen molar-refractivity contribution in [3.63, 3.8) is 0 Å². The summed E-state index contributed by atoms with van der Waals surface area (Å²) in [5.74, 6) is -0.209. The first-order valence-electron chi connectivity index (χ1n) is 20.7. The van der Waals surface area contributed by atoms with Gasteiger partial charge in [-0.25, -0.2) is 0 Å². The van der Waals surface area contributed by atoms with Crippen molar-refractivity contribution in [1.29, 1.82) is 0 Å². The molecule has 9 heteroatoms. The molecule has 0 heterocycles. The molecule has 0 aliphatic heterocycles. The second-order valence-electron chi connectivity index (χ2n) is 15.3. The monoisotopic (exact) mass is 729 g/mol. The highest BCUT2D eigenvalue weighted by Gasteiger charge is 2.23. The molecule has 0 aromatic heterocycles. The Morgan fingerprint density at radius 2 is 1.14 bits per heavy atom. The topological polar surface area (TPSA) is 108 Å². The standard InChI is InChI=1S/C41H81N2O6P/c1-6-8-10-11-12-13-14-15-16-17-18-19-20-21-22-23-24-25-26-27-28-29-30-31-33-35-41(45)42-39(40(44)34-32-9-7-2)38-49-50(46,47)48-37-36-43(3,4)5/h17-18,32,34,39-40,44H,6-16,19-31,33,35-38H2,1-5H3,(H-,42,45,46,47)/b18-17-,34-32+. The lowest BCUT2D eigenvalue weighted by atomic mass is 10.0. The minimum atomic E-state index is -4.56. The zero-order valence-corrected chi connectivity index (χ0v) is 34.2. The average molecular weight is 729 g/mol. The first kappa shape index (κ1) is 49.0. The van der Waals surface area contributed by atoms with Crippen LogP contribution in [0.15, 0.2) is 24.3 Å². The molecule has 0 aromatic rings. The number of hydrogen-bond donors (Lipinski definition) is 2. The van der Waals surface area contributed by atoms with E-state index in [1.54, 1.807) is 6.08 Å². The highest BCUT2D eigenvalue weighted by molar-refractivity contribution is 7.45. The normalized spacial score (nSPS) is 14.8. The van der Waals surface area contributed by atoms with Crippen molar-refractivity contribution in [2.24, 2.45) is 0 Å². The Morgan fingerprint density at radius 3 is 1.60 bits per heavy atom. The summed E-state index contributed by atoms with van der Waals surface area (Å²) in [6.45, 7) is 4.42. The Kier molecular flexibility index (Phi) is 33.1. The number of phosphoric ester groups is 1. The number of carbonyl (C=O) groups is 1. The van der Waals surface area contributed by atoms with Crippen molar-refractivity contribution >= 4 is 13.7 Å². The number of rotatable bonds is 37. The fourth-order valence-electron chi connectivity index (χ4n) is 5.80. The van der Waals surface area contributed by atoms with Crippen LogP contribution in [0.5, 0.6) is 0 Å². The third kappa shape index (κ3) is 35.4. The second kappa shape index (κ2) is 33.8. The van der Waals surface area contributed by atoms with Crippen LogP contribution in [-0.4, -0.2) is 68.5 Å². The molecule has 1 amide bonds. The van der Waals surface area contributed by atoms with Crippen molar-refractivity contribution in [1.82, 2.24) is 5.32 Å². The predicted molar refractivity (Wildman–Crippen MR) is 210 cm³/mol. The van der Waals surface area contributed by atoms with Gasteiger partial charge in [0.2, 0.25) is 5.91 Å². The van der Waals surface area contributed by atoms with Gasteiger partial charge in [0.1, 0.15) is 13.2 Å². The van der Waals surface area contributed by atoms with Gasteiger partial charge in [-0.1, -0.05) is 160 Å². The van der Waals surface area contributed by atoms with Crippen LogP contribution < -0.4 is 10.2 Å². The van der Waals surface area contributed by atoms with Crippen molar-refractivity contribution in [3.8, 4) is 0 Å². The minimum absolute atomic E-state index is 0.00182. The van der Waals surface area contributed by atoms with E-state index in [4.69, 9.17) is 9.05 Å². The summed E-state index contributed by atoms with van der Waals surface area (Å²) in [5, 5.41) is 13.4. The summed E-state index contributed by atoms with van der Waals surface area (Å²) in [5.41, 5.74) is 0. The zero-order valence-electron chi connectivity index (χ0n) is 33.4. The Hall–Kier alpha value is -1.02. The molecule has 0 rings (SSSR count). The van der Waals surface area contributed by atoms with Gasteiger partial charge in [0.05, 0.1) is 39.9 Å². The summed E-state index contributed by atoms with van der Waals surface area (Å²) in [6, 6.07) is -0.878. The smallest absolute Gasteiger partial charge is 0.268 e. The molecule has 0 saturated carbocycles.